The summed E-state index contributed by atoms with van der Waals surface area (Å²) in [7, 11) is 0. The number of ether oxygens (including phenoxy) is 1. The molecule has 106 valence electrons. The first-order chi connectivity index (χ1) is 8.83. The number of rotatable bonds is 4. The number of hydrogen-bond acceptors (Lipinski definition) is 4. The minimum Gasteiger partial charge on any atom is -0.444 e. The average Bonchev–Trinajstić information content (AvgIpc) is 2.34. The van der Waals surface area contributed by atoms with Gasteiger partial charge < -0.3 is 20.3 Å². The van der Waals surface area contributed by atoms with Crippen molar-refractivity contribution in [3.63, 3.8) is 0 Å². The fourth-order valence-electron chi connectivity index (χ4n) is 1.60. The van der Waals surface area contributed by atoms with E-state index >= 15 is 0 Å². The van der Waals surface area contributed by atoms with E-state index in [1.165, 1.54) is 0 Å². The number of aliphatic hydroxyl groups is 2. The molecule has 0 spiro atoms. The number of hydrogen-bond donors (Lipinski definition) is 3. The van der Waals surface area contributed by atoms with Crippen molar-refractivity contribution in [2.24, 2.45) is 0 Å². The normalized spacial score (nSPS) is 14.6. The van der Waals surface area contributed by atoms with Crippen molar-refractivity contribution in [1.29, 1.82) is 0 Å². The van der Waals surface area contributed by atoms with Gasteiger partial charge in [0.2, 0.25) is 0 Å². The molecule has 0 aromatic heterocycles. The zero-order chi connectivity index (χ0) is 14.5. The third-order valence-electron chi connectivity index (χ3n) is 2.40. The van der Waals surface area contributed by atoms with Crippen LogP contribution in [0.5, 0.6) is 0 Å². The lowest BCUT2D eigenvalue weighted by Crippen LogP contribution is -2.40. The van der Waals surface area contributed by atoms with Crippen molar-refractivity contribution in [3.8, 4) is 0 Å². The Morgan fingerprint density at radius 1 is 1.32 bits per heavy atom. The van der Waals surface area contributed by atoms with Gasteiger partial charge in [0.1, 0.15) is 11.7 Å². The van der Waals surface area contributed by atoms with Crippen LogP contribution in [-0.4, -0.2) is 34.6 Å². The topological polar surface area (TPSA) is 78.8 Å². The highest BCUT2D eigenvalue weighted by Gasteiger charge is 2.25. The quantitative estimate of drug-likeness (QED) is 0.774. The third kappa shape index (κ3) is 5.28. The molecule has 3 N–H and O–H groups in total. The zero-order valence-corrected chi connectivity index (χ0v) is 11.5. The summed E-state index contributed by atoms with van der Waals surface area (Å²) < 4.78 is 5.14. The molecule has 0 aliphatic carbocycles. The van der Waals surface area contributed by atoms with Crippen molar-refractivity contribution in [1.82, 2.24) is 5.32 Å². The van der Waals surface area contributed by atoms with E-state index in [0.29, 0.717) is 5.56 Å². The fourth-order valence-corrected chi connectivity index (χ4v) is 1.60. The summed E-state index contributed by atoms with van der Waals surface area (Å²) in [5, 5.41) is 21.4. The lowest BCUT2D eigenvalue weighted by atomic mass is 10.0. The molecule has 0 radical (unpaired) electrons. The first-order valence-electron chi connectivity index (χ1n) is 6.17. The maximum absolute atomic E-state index is 11.7. The second-order valence-electron chi connectivity index (χ2n) is 5.28. The predicted molar refractivity (Wildman–Crippen MR) is 71.6 cm³/mol. The molecule has 0 aliphatic heterocycles. The van der Waals surface area contributed by atoms with Crippen LogP contribution in [0.15, 0.2) is 30.3 Å². The summed E-state index contributed by atoms with van der Waals surface area (Å²) in [4.78, 5) is 11.7. The monoisotopic (exact) mass is 267 g/mol. The van der Waals surface area contributed by atoms with Crippen molar-refractivity contribution < 1.29 is 19.7 Å². The molecule has 0 aliphatic rings. The van der Waals surface area contributed by atoms with Crippen LogP contribution in [0.2, 0.25) is 0 Å². The van der Waals surface area contributed by atoms with E-state index in [0.717, 1.165) is 0 Å². The molecular weight excluding hydrogens is 246 g/mol. The summed E-state index contributed by atoms with van der Waals surface area (Å²) >= 11 is 0. The van der Waals surface area contributed by atoms with Gasteiger partial charge in [-0.1, -0.05) is 30.3 Å². The van der Waals surface area contributed by atoms with Gasteiger partial charge in [0, 0.05) is 0 Å². The highest BCUT2D eigenvalue weighted by atomic mass is 16.6. The van der Waals surface area contributed by atoms with Crippen molar-refractivity contribution in [2.75, 3.05) is 6.61 Å². The summed E-state index contributed by atoms with van der Waals surface area (Å²) in [5.41, 5.74) is 0.0880. The molecule has 0 bridgehead atoms. The molecule has 0 unspecified atom stereocenters. The van der Waals surface area contributed by atoms with Gasteiger partial charge in [0.15, 0.2) is 0 Å². The largest absolute Gasteiger partial charge is 0.444 e. The Hall–Kier alpha value is -1.59. The minimum atomic E-state index is -1.09. The van der Waals surface area contributed by atoms with Gasteiger partial charge >= 0.3 is 6.09 Å². The van der Waals surface area contributed by atoms with Crippen LogP contribution in [0.3, 0.4) is 0 Å². The molecule has 0 heterocycles. The van der Waals surface area contributed by atoms with Crippen LogP contribution in [0.25, 0.3) is 0 Å². The molecule has 2 atom stereocenters. The van der Waals surface area contributed by atoms with Gasteiger partial charge in [-0.25, -0.2) is 4.79 Å². The smallest absolute Gasteiger partial charge is 0.408 e. The van der Waals surface area contributed by atoms with Gasteiger partial charge in [0.05, 0.1) is 12.6 Å². The number of alkyl carbamates (subject to hydrolysis) is 1. The first kappa shape index (κ1) is 15.5. The standard InChI is InChI=1S/C14H21NO4/c1-14(2,3)19-13(18)15-12(11(17)9-16)10-7-5-4-6-8-10/h4-8,11-12,16-17H,9H2,1-3H3,(H,15,18)/t11-,12-/m0/s1. The molecule has 5 nitrogen and oxygen atoms in total. The molecule has 1 amide bonds. The minimum absolute atomic E-state index is 0.449. The second kappa shape index (κ2) is 6.54. The Labute approximate surface area is 113 Å². The maximum Gasteiger partial charge on any atom is 0.408 e. The zero-order valence-electron chi connectivity index (χ0n) is 11.5. The van der Waals surface area contributed by atoms with E-state index < -0.39 is 30.4 Å². The van der Waals surface area contributed by atoms with Gasteiger partial charge in [0.25, 0.3) is 0 Å². The predicted octanol–water partition coefficient (Wildman–Crippen LogP) is 1.61. The summed E-state index contributed by atoms with van der Waals surface area (Å²) in [6.45, 7) is 4.82. The van der Waals surface area contributed by atoms with Crippen LogP contribution in [0, 0.1) is 0 Å². The maximum atomic E-state index is 11.7. The molecule has 0 saturated heterocycles. The molecule has 5 heteroatoms. The van der Waals surface area contributed by atoms with Gasteiger partial charge in [-0.3, -0.25) is 0 Å². The Morgan fingerprint density at radius 2 is 1.89 bits per heavy atom. The molecular formula is C14H21NO4. The van der Waals surface area contributed by atoms with E-state index in [1.54, 1.807) is 45.0 Å². The highest BCUT2D eigenvalue weighted by molar-refractivity contribution is 5.68. The first-order valence-corrected chi connectivity index (χ1v) is 6.17. The lowest BCUT2D eigenvalue weighted by molar-refractivity contribution is 0.0316. The molecule has 1 rings (SSSR count). The average molecular weight is 267 g/mol. The Balaban J connectivity index is 2.80. The number of carbonyl (C=O) groups is 1. The summed E-state index contributed by atoms with van der Waals surface area (Å²) in [6, 6.07) is 8.24. The van der Waals surface area contributed by atoms with Crippen LogP contribution >= 0.6 is 0 Å². The van der Waals surface area contributed by atoms with E-state index in [2.05, 4.69) is 5.32 Å². The molecule has 1 aromatic rings. The fraction of sp³-hybridized carbons (Fsp3) is 0.500. The van der Waals surface area contributed by atoms with Crippen LogP contribution in [-0.2, 0) is 4.74 Å². The molecule has 0 saturated carbocycles. The van der Waals surface area contributed by atoms with Crippen molar-refractivity contribution in [3.05, 3.63) is 35.9 Å². The van der Waals surface area contributed by atoms with Crippen LogP contribution in [0.4, 0.5) is 4.79 Å². The van der Waals surface area contributed by atoms with Gasteiger partial charge in [-0.05, 0) is 26.3 Å². The summed E-state index contributed by atoms with van der Waals surface area (Å²) in [5.74, 6) is 0. The van der Waals surface area contributed by atoms with E-state index in [1.807, 2.05) is 6.07 Å². The lowest BCUT2D eigenvalue weighted by Gasteiger charge is -2.26. The third-order valence-corrected chi connectivity index (χ3v) is 2.40. The van der Waals surface area contributed by atoms with Crippen molar-refractivity contribution in [2.45, 2.75) is 38.5 Å². The number of nitrogens with one attached hydrogen (secondary N) is 1. The Kier molecular flexibility index (Phi) is 5.32. The van der Waals surface area contributed by atoms with Crippen LogP contribution < -0.4 is 5.32 Å². The van der Waals surface area contributed by atoms with Crippen molar-refractivity contribution >= 4 is 6.09 Å². The van der Waals surface area contributed by atoms with E-state index in [4.69, 9.17) is 9.84 Å². The highest BCUT2D eigenvalue weighted by Crippen LogP contribution is 2.18. The van der Waals surface area contributed by atoms with E-state index in [-0.39, 0.29) is 0 Å². The number of carbonyl (C=O) groups excluding carboxylic acids is 1. The second-order valence-corrected chi connectivity index (χ2v) is 5.28. The Bertz CT molecular complexity index is 400. The number of amides is 1. The van der Waals surface area contributed by atoms with Gasteiger partial charge in [-0.2, -0.15) is 0 Å². The molecule has 1 aromatic carbocycles. The summed E-state index contributed by atoms with van der Waals surface area (Å²) in [6.07, 6.45) is -1.72. The molecule has 19 heavy (non-hydrogen) atoms. The Morgan fingerprint density at radius 3 is 2.37 bits per heavy atom. The SMILES string of the molecule is CC(C)(C)OC(=O)N[C@@H](c1ccccc1)[C@@H](O)CO. The van der Waals surface area contributed by atoms with Gasteiger partial charge in [-0.15, -0.1) is 0 Å². The number of benzene rings is 1. The van der Waals surface area contributed by atoms with E-state index in [9.17, 15) is 9.90 Å². The van der Waals surface area contributed by atoms with Crippen LogP contribution in [0.1, 0.15) is 32.4 Å². The number of aliphatic hydroxyl groups excluding tert-OH is 2. The molecule has 0 fully saturated rings.